The molecule has 5 nitrogen and oxygen atoms in total. The van der Waals surface area contributed by atoms with Gasteiger partial charge in [0.25, 0.3) is 0 Å². The number of benzene rings is 1. The molecule has 0 spiro atoms. The van der Waals surface area contributed by atoms with E-state index in [1.165, 1.54) is 0 Å². The highest BCUT2D eigenvalue weighted by Crippen LogP contribution is 2.12. The van der Waals surface area contributed by atoms with Crippen LogP contribution in [-0.2, 0) is 6.42 Å². The van der Waals surface area contributed by atoms with Crippen LogP contribution >= 0.6 is 0 Å². The van der Waals surface area contributed by atoms with E-state index in [0.717, 1.165) is 44.0 Å². The second kappa shape index (κ2) is 10.0. The molecule has 5 heteroatoms. The number of nitrogens with zero attached hydrogens (tertiary/aromatic N) is 1. The predicted octanol–water partition coefficient (Wildman–Crippen LogP) is 2.61. The van der Waals surface area contributed by atoms with Crippen molar-refractivity contribution in [2.45, 2.75) is 26.7 Å². The van der Waals surface area contributed by atoms with E-state index >= 15 is 0 Å². The average Bonchev–Trinajstić information content (AvgIpc) is 2.48. The summed E-state index contributed by atoms with van der Waals surface area (Å²) in [5, 5.41) is 10.8. The summed E-state index contributed by atoms with van der Waals surface area (Å²) in [5.41, 5.74) is 1.10. The molecule has 0 atom stereocenters. The van der Waals surface area contributed by atoms with Gasteiger partial charge >= 0.3 is 6.09 Å². The van der Waals surface area contributed by atoms with Gasteiger partial charge in [-0.15, -0.1) is 0 Å². The van der Waals surface area contributed by atoms with Crippen LogP contribution in [0, 0.1) is 0 Å². The van der Waals surface area contributed by atoms with Crippen molar-refractivity contribution in [2.24, 2.45) is 0 Å². The van der Waals surface area contributed by atoms with Gasteiger partial charge in [0.1, 0.15) is 5.75 Å². The smallest absolute Gasteiger partial charge is 0.404 e. The van der Waals surface area contributed by atoms with Gasteiger partial charge in [-0.1, -0.05) is 26.0 Å². The number of carbonyl (C=O) groups is 1. The Morgan fingerprint density at radius 2 is 1.90 bits per heavy atom. The lowest BCUT2D eigenvalue weighted by Gasteiger charge is -2.17. The topological polar surface area (TPSA) is 61.8 Å². The lowest BCUT2D eigenvalue weighted by atomic mass is 10.1. The van der Waals surface area contributed by atoms with Gasteiger partial charge in [0.05, 0.1) is 6.61 Å². The summed E-state index contributed by atoms with van der Waals surface area (Å²) < 4.78 is 5.71. The molecule has 1 aromatic rings. The molecule has 1 aromatic carbocycles. The molecule has 1 rings (SSSR count). The molecule has 0 aliphatic rings. The highest BCUT2D eigenvalue weighted by molar-refractivity contribution is 5.64. The fourth-order valence-corrected chi connectivity index (χ4v) is 2.08. The minimum Gasteiger partial charge on any atom is -0.494 e. The number of hydrogen-bond acceptors (Lipinski definition) is 3. The lowest BCUT2D eigenvalue weighted by Crippen LogP contribution is -2.25. The van der Waals surface area contributed by atoms with Gasteiger partial charge in [-0.05, 0) is 43.6 Å². The molecule has 0 fully saturated rings. The Balaban J connectivity index is 2.23. The van der Waals surface area contributed by atoms with Crippen LogP contribution in [0.2, 0.25) is 0 Å². The quantitative estimate of drug-likeness (QED) is 0.651. The van der Waals surface area contributed by atoms with Gasteiger partial charge in [0, 0.05) is 13.1 Å². The van der Waals surface area contributed by atoms with E-state index in [1.54, 1.807) is 0 Å². The van der Waals surface area contributed by atoms with E-state index in [-0.39, 0.29) is 0 Å². The van der Waals surface area contributed by atoms with Crippen LogP contribution in [0.1, 0.15) is 25.8 Å². The number of carboxylic acid groups (broad SMARTS) is 1. The number of ether oxygens (including phenoxy) is 1. The Morgan fingerprint density at radius 3 is 2.48 bits per heavy atom. The maximum Gasteiger partial charge on any atom is 0.404 e. The molecule has 0 bridgehead atoms. The van der Waals surface area contributed by atoms with Gasteiger partial charge < -0.3 is 20.1 Å². The Bertz CT molecular complexity index is 402. The molecule has 0 aliphatic carbocycles. The predicted molar refractivity (Wildman–Crippen MR) is 84.1 cm³/mol. The Labute approximate surface area is 126 Å². The Kier molecular flexibility index (Phi) is 8.28. The monoisotopic (exact) mass is 294 g/mol. The maximum absolute atomic E-state index is 10.3. The fourth-order valence-electron chi connectivity index (χ4n) is 2.08. The number of rotatable bonds is 10. The molecule has 0 radical (unpaired) electrons. The van der Waals surface area contributed by atoms with Crippen molar-refractivity contribution in [3.05, 3.63) is 29.8 Å². The summed E-state index contributed by atoms with van der Waals surface area (Å²) in [4.78, 5) is 12.7. The zero-order chi connectivity index (χ0) is 15.5. The average molecular weight is 294 g/mol. The highest BCUT2D eigenvalue weighted by Gasteiger charge is 2.00. The summed E-state index contributed by atoms with van der Waals surface area (Å²) in [6.07, 6.45) is 0.726. The van der Waals surface area contributed by atoms with Crippen molar-refractivity contribution >= 4 is 6.09 Å². The van der Waals surface area contributed by atoms with Crippen molar-refractivity contribution in [3.8, 4) is 5.75 Å². The fraction of sp³-hybridized carbons (Fsp3) is 0.562. The minimum atomic E-state index is -0.983. The second-order valence-corrected chi connectivity index (χ2v) is 4.85. The third-order valence-electron chi connectivity index (χ3n) is 3.40. The zero-order valence-corrected chi connectivity index (χ0v) is 13.0. The van der Waals surface area contributed by atoms with Crippen LogP contribution in [-0.4, -0.2) is 48.9 Å². The van der Waals surface area contributed by atoms with E-state index in [4.69, 9.17) is 9.84 Å². The van der Waals surface area contributed by atoms with Gasteiger partial charge in [-0.2, -0.15) is 0 Å². The number of amides is 1. The second-order valence-electron chi connectivity index (χ2n) is 4.85. The molecule has 0 aliphatic heterocycles. The molecule has 0 saturated carbocycles. The van der Waals surface area contributed by atoms with Crippen LogP contribution in [0.25, 0.3) is 0 Å². The van der Waals surface area contributed by atoms with Gasteiger partial charge in [0.15, 0.2) is 0 Å². The van der Waals surface area contributed by atoms with Crippen LogP contribution in [0.4, 0.5) is 4.79 Å². The van der Waals surface area contributed by atoms with Gasteiger partial charge in [0.2, 0.25) is 0 Å². The zero-order valence-electron chi connectivity index (χ0n) is 13.0. The van der Waals surface area contributed by atoms with Gasteiger partial charge in [-0.25, -0.2) is 4.79 Å². The maximum atomic E-state index is 10.3. The molecular weight excluding hydrogens is 268 g/mol. The number of hydrogen-bond donors (Lipinski definition) is 2. The summed E-state index contributed by atoms with van der Waals surface area (Å²) in [5.74, 6) is 0.865. The van der Waals surface area contributed by atoms with Crippen molar-refractivity contribution in [1.29, 1.82) is 0 Å². The van der Waals surface area contributed by atoms with Crippen molar-refractivity contribution in [1.82, 2.24) is 10.2 Å². The molecule has 0 aromatic heterocycles. The molecule has 0 heterocycles. The van der Waals surface area contributed by atoms with E-state index in [2.05, 4.69) is 24.1 Å². The van der Waals surface area contributed by atoms with E-state index in [0.29, 0.717) is 13.0 Å². The molecule has 21 heavy (non-hydrogen) atoms. The van der Waals surface area contributed by atoms with E-state index < -0.39 is 6.09 Å². The van der Waals surface area contributed by atoms with Crippen LogP contribution in [0.5, 0.6) is 5.75 Å². The summed E-state index contributed by atoms with van der Waals surface area (Å²) >= 11 is 0. The molecule has 1 amide bonds. The van der Waals surface area contributed by atoms with Crippen LogP contribution < -0.4 is 10.1 Å². The largest absolute Gasteiger partial charge is 0.494 e. The molecule has 0 saturated heterocycles. The summed E-state index contributed by atoms with van der Waals surface area (Å²) in [6, 6.07) is 7.83. The standard InChI is InChI=1S/C16H26N2O3/c1-3-18(4-2)12-5-13-21-15-8-6-14(7-9-15)10-11-17-16(19)20/h6-9,17H,3-5,10-13H2,1-2H3,(H,19,20). The van der Waals surface area contributed by atoms with E-state index in [9.17, 15) is 4.79 Å². The SMILES string of the molecule is CCN(CC)CCCOc1ccc(CCNC(=O)O)cc1. The van der Waals surface area contributed by atoms with Crippen molar-refractivity contribution < 1.29 is 14.6 Å². The summed E-state index contributed by atoms with van der Waals surface area (Å²) in [6.45, 7) is 8.71. The van der Waals surface area contributed by atoms with Crippen LogP contribution in [0.3, 0.4) is 0 Å². The normalized spacial score (nSPS) is 10.6. The van der Waals surface area contributed by atoms with Gasteiger partial charge in [-0.3, -0.25) is 0 Å². The van der Waals surface area contributed by atoms with Crippen LogP contribution in [0.15, 0.2) is 24.3 Å². The van der Waals surface area contributed by atoms with Crippen molar-refractivity contribution in [2.75, 3.05) is 32.8 Å². The first kappa shape index (κ1) is 17.3. The number of nitrogens with one attached hydrogen (secondary N) is 1. The first-order valence-electron chi connectivity index (χ1n) is 7.56. The molecule has 2 N–H and O–H groups in total. The van der Waals surface area contributed by atoms with E-state index in [1.807, 2.05) is 24.3 Å². The molecule has 0 unspecified atom stereocenters. The molecular formula is C16H26N2O3. The minimum absolute atomic E-state index is 0.430. The highest BCUT2D eigenvalue weighted by atomic mass is 16.5. The third-order valence-corrected chi connectivity index (χ3v) is 3.40. The Morgan fingerprint density at radius 1 is 1.24 bits per heavy atom. The summed E-state index contributed by atoms with van der Waals surface area (Å²) in [7, 11) is 0. The van der Waals surface area contributed by atoms with Crippen molar-refractivity contribution in [3.63, 3.8) is 0 Å². The first-order valence-corrected chi connectivity index (χ1v) is 7.56. The first-order chi connectivity index (χ1) is 10.2. The lowest BCUT2D eigenvalue weighted by molar-refractivity contribution is 0.194. The third kappa shape index (κ3) is 7.56. The molecule has 118 valence electrons. The Hall–Kier alpha value is -1.75.